The molecule has 31 heavy (non-hydrogen) atoms. The fraction of sp³-hybridized carbons (Fsp3) is 0.417. The molecule has 0 unspecified atom stereocenters. The Labute approximate surface area is 182 Å². The van der Waals surface area contributed by atoms with Crippen LogP contribution in [0.15, 0.2) is 54.6 Å². The summed E-state index contributed by atoms with van der Waals surface area (Å²) in [5, 5.41) is 9.77. The van der Waals surface area contributed by atoms with Gasteiger partial charge in [-0.3, -0.25) is 14.6 Å². The van der Waals surface area contributed by atoms with Crippen molar-refractivity contribution >= 4 is 17.6 Å². The zero-order valence-corrected chi connectivity index (χ0v) is 18.0. The summed E-state index contributed by atoms with van der Waals surface area (Å²) < 4.78 is 6.06. The number of benzene rings is 2. The number of hydrogen-bond donors (Lipinski definition) is 1. The van der Waals surface area contributed by atoms with Gasteiger partial charge in [0.25, 0.3) is 5.91 Å². The first-order chi connectivity index (χ1) is 14.9. The third kappa shape index (κ3) is 4.29. The van der Waals surface area contributed by atoms with Crippen molar-refractivity contribution in [3.05, 3.63) is 65.7 Å². The van der Waals surface area contributed by atoms with E-state index in [1.165, 1.54) is 10.5 Å². The highest BCUT2D eigenvalue weighted by atomic mass is 16.5. The number of nitrogens with zero attached hydrogens (tertiary/aromatic N) is 3. The van der Waals surface area contributed by atoms with Gasteiger partial charge in [-0.05, 0) is 29.8 Å². The molecule has 2 aromatic rings. The molecule has 1 spiro atoms. The minimum absolute atomic E-state index is 0.0234. The van der Waals surface area contributed by atoms with E-state index in [2.05, 4.69) is 17.0 Å². The molecule has 0 aromatic heterocycles. The van der Waals surface area contributed by atoms with Crippen LogP contribution in [-0.2, 0) is 16.1 Å². The van der Waals surface area contributed by atoms with Gasteiger partial charge < -0.3 is 14.7 Å². The lowest BCUT2D eigenvalue weighted by Crippen LogP contribution is -2.58. The highest BCUT2D eigenvalue weighted by molar-refractivity contribution is 5.97. The molecule has 2 aliphatic heterocycles. The zero-order valence-electron chi connectivity index (χ0n) is 18.0. The summed E-state index contributed by atoms with van der Waals surface area (Å²) in [6.07, 6.45) is 1.18. The Balaban J connectivity index is 1.53. The highest BCUT2D eigenvalue weighted by Gasteiger charge is 2.54. The predicted molar refractivity (Wildman–Crippen MR) is 118 cm³/mol. The van der Waals surface area contributed by atoms with Gasteiger partial charge in [-0.2, -0.15) is 0 Å². The van der Waals surface area contributed by atoms with Crippen molar-refractivity contribution in [2.45, 2.75) is 31.2 Å². The lowest BCUT2D eigenvalue weighted by atomic mass is 9.96. The molecule has 7 heteroatoms. The SMILES string of the molecule is CN(C)c1ccc(C(=O)N2[C@@H](C(=O)O)COC23CCN(Cc2ccccc2)CC3)cc1. The van der Waals surface area contributed by atoms with E-state index in [0.29, 0.717) is 18.4 Å². The molecular formula is C24H29N3O4. The maximum Gasteiger partial charge on any atom is 0.328 e. The average molecular weight is 424 g/mol. The number of ether oxygens (including phenoxy) is 1. The largest absolute Gasteiger partial charge is 0.480 e. The van der Waals surface area contributed by atoms with E-state index in [0.717, 1.165) is 25.3 Å². The molecule has 1 N–H and O–H groups in total. The van der Waals surface area contributed by atoms with Gasteiger partial charge in [-0.25, -0.2) is 4.79 Å². The van der Waals surface area contributed by atoms with Gasteiger partial charge in [0.1, 0.15) is 5.72 Å². The van der Waals surface area contributed by atoms with Crippen LogP contribution in [0.3, 0.4) is 0 Å². The van der Waals surface area contributed by atoms with E-state index in [9.17, 15) is 14.7 Å². The Kier molecular flexibility index (Phi) is 5.98. The third-order valence-electron chi connectivity index (χ3n) is 6.28. The Bertz CT molecular complexity index is 922. The molecule has 1 amide bonds. The fourth-order valence-electron chi connectivity index (χ4n) is 4.50. The van der Waals surface area contributed by atoms with E-state index in [1.54, 1.807) is 12.1 Å². The number of hydrogen-bond acceptors (Lipinski definition) is 5. The number of piperidine rings is 1. The third-order valence-corrected chi connectivity index (χ3v) is 6.28. The van der Waals surface area contributed by atoms with Crippen LogP contribution >= 0.6 is 0 Å². The van der Waals surface area contributed by atoms with Gasteiger partial charge in [0.05, 0.1) is 6.61 Å². The molecule has 0 aliphatic carbocycles. The van der Waals surface area contributed by atoms with Crippen LogP contribution in [0.1, 0.15) is 28.8 Å². The second-order valence-electron chi connectivity index (χ2n) is 8.49. The Morgan fingerprint density at radius 1 is 1.06 bits per heavy atom. The molecule has 7 nitrogen and oxygen atoms in total. The van der Waals surface area contributed by atoms with Crippen molar-refractivity contribution in [1.82, 2.24) is 9.80 Å². The highest BCUT2D eigenvalue weighted by Crippen LogP contribution is 2.39. The van der Waals surface area contributed by atoms with E-state index >= 15 is 0 Å². The molecule has 1 atom stereocenters. The molecular weight excluding hydrogens is 394 g/mol. The first kappa shape index (κ1) is 21.3. The van der Waals surface area contributed by atoms with Crippen LogP contribution in [-0.4, -0.2) is 72.3 Å². The summed E-state index contributed by atoms with van der Waals surface area (Å²) in [6.45, 7) is 2.34. The summed E-state index contributed by atoms with van der Waals surface area (Å²) in [6, 6.07) is 16.5. The Morgan fingerprint density at radius 3 is 2.29 bits per heavy atom. The van der Waals surface area contributed by atoms with E-state index in [1.807, 2.05) is 49.3 Å². The van der Waals surface area contributed by atoms with Gasteiger partial charge in [-0.15, -0.1) is 0 Å². The summed E-state index contributed by atoms with van der Waals surface area (Å²) >= 11 is 0. The second kappa shape index (κ2) is 8.69. The quantitative estimate of drug-likeness (QED) is 0.797. The lowest BCUT2D eigenvalue weighted by molar-refractivity contribution is -0.144. The van der Waals surface area contributed by atoms with Crippen LogP contribution < -0.4 is 4.90 Å². The number of carboxylic acid groups (broad SMARTS) is 1. The summed E-state index contributed by atoms with van der Waals surface area (Å²) in [5.74, 6) is -1.31. The van der Waals surface area contributed by atoms with Crippen molar-refractivity contribution < 1.29 is 19.4 Å². The number of carbonyl (C=O) groups excluding carboxylic acids is 1. The van der Waals surface area contributed by atoms with E-state index in [4.69, 9.17) is 4.74 Å². The monoisotopic (exact) mass is 423 g/mol. The Hall–Kier alpha value is -2.90. The van der Waals surface area contributed by atoms with Gasteiger partial charge in [0, 0.05) is 57.8 Å². The van der Waals surface area contributed by atoms with Crippen LogP contribution in [0.5, 0.6) is 0 Å². The molecule has 0 bridgehead atoms. The molecule has 2 aromatic carbocycles. The molecule has 2 saturated heterocycles. The van der Waals surface area contributed by atoms with Gasteiger partial charge in [0.2, 0.25) is 0 Å². The number of amides is 1. The number of carboxylic acids is 1. The maximum atomic E-state index is 13.4. The molecule has 4 rings (SSSR count). The number of carbonyl (C=O) groups is 2. The number of likely N-dealkylation sites (tertiary alicyclic amines) is 1. The number of anilines is 1. The van der Waals surface area contributed by atoms with Crippen molar-refractivity contribution in [2.75, 3.05) is 38.7 Å². The molecule has 164 valence electrons. The topological polar surface area (TPSA) is 73.3 Å². The zero-order chi connectivity index (χ0) is 22.0. The van der Waals surface area contributed by atoms with Crippen molar-refractivity contribution in [2.24, 2.45) is 0 Å². The molecule has 0 radical (unpaired) electrons. The molecule has 0 saturated carbocycles. The first-order valence-corrected chi connectivity index (χ1v) is 10.6. The summed E-state index contributed by atoms with van der Waals surface area (Å²) in [4.78, 5) is 31.1. The van der Waals surface area contributed by atoms with E-state index < -0.39 is 17.7 Å². The van der Waals surface area contributed by atoms with Crippen molar-refractivity contribution in [3.8, 4) is 0 Å². The standard InChI is InChI=1S/C24H29N3O4/c1-25(2)20-10-8-19(9-11-20)22(28)27-21(23(29)30)17-31-24(27)12-14-26(15-13-24)16-18-6-4-3-5-7-18/h3-11,21H,12-17H2,1-2H3,(H,29,30)/t21-/m1/s1. The normalized spacial score (nSPS) is 20.7. The second-order valence-corrected chi connectivity index (χ2v) is 8.49. The van der Waals surface area contributed by atoms with E-state index in [-0.39, 0.29) is 12.5 Å². The van der Waals surface area contributed by atoms with Gasteiger partial charge in [-0.1, -0.05) is 30.3 Å². The summed E-state index contributed by atoms with van der Waals surface area (Å²) in [5.41, 5.74) is 1.83. The molecule has 2 heterocycles. The van der Waals surface area contributed by atoms with Gasteiger partial charge in [0.15, 0.2) is 6.04 Å². The fourth-order valence-corrected chi connectivity index (χ4v) is 4.50. The molecule has 2 aliphatic rings. The van der Waals surface area contributed by atoms with Crippen molar-refractivity contribution in [3.63, 3.8) is 0 Å². The minimum Gasteiger partial charge on any atom is -0.480 e. The molecule has 2 fully saturated rings. The van der Waals surface area contributed by atoms with Crippen molar-refractivity contribution in [1.29, 1.82) is 0 Å². The first-order valence-electron chi connectivity index (χ1n) is 10.6. The lowest BCUT2D eigenvalue weighted by Gasteiger charge is -2.44. The van der Waals surface area contributed by atoms with Crippen LogP contribution in [0.25, 0.3) is 0 Å². The summed E-state index contributed by atoms with van der Waals surface area (Å²) in [7, 11) is 3.87. The van der Waals surface area contributed by atoms with Crippen LogP contribution in [0.4, 0.5) is 5.69 Å². The van der Waals surface area contributed by atoms with Crippen LogP contribution in [0.2, 0.25) is 0 Å². The predicted octanol–water partition coefficient (Wildman–Crippen LogP) is 2.67. The van der Waals surface area contributed by atoms with Crippen LogP contribution in [0, 0.1) is 0 Å². The maximum absolute atomic E-state index is 13.4. The Morgan fingerprint density at radius 2 is 1.71 bits per heavy atom. The smallest absolute Gasteiger partial charge is 0.328 e. The average Bonchev–Trinajstić information content (AvgIpc) is 3.15. The number of aliphatic carboxylic acids is 1. The number of rotatable bonds is 5. The van der Waals surface area contributed by atoms with Gasteiger partial charge >= 0.3 is 5.97 Å². The minimum atomic E-state index is -1.03.